The number of fused-ring (bicyclic) bond motifs is 3. The summed E-state index contributed by atoms with van der Waals surface area (Å²) in [4.78, 5) is 38.5. The van der Waals surface area contributed by atoms with Crippen LogP contribution in [0, 0.1) is 17.8 Å². The number of rotatable bonds is 9. The molecule has 2 aromatic carbocycles. The average molecular weight is 463 g/mol. The molecule has 2 saturated carbocycles. The van der Waals surface area contributed by atoms with Crippen molar-refractivity contribution in [2.45, 2.75) is 37.6 Å². The summed E-state index contributed by atoms with van der Waals surface area (Å²) in [6, 6.07) is 14.9. The molecule has 3 unspecified atom stereocenters. The van der Waals surface area contributed by atoms with Crippen LogP contribution in [0.25, 0.3) is 11.1 Å². The van der Waals surface area contributed by atoms with Gasteiger partial charge >= 0.3 is 12.1 Å². The maximum Gasteiger partial charge on any atom is 0.407 e. The molecule has 34 heavy (non-hydrogen) atoms. The molecule has 2 N–H and O–H groups in total. The lowest BCUT2D eigenvalue weighted by molar-refractivity contribution is -0.142. The van der Waals surface area contributed by atoms with Crippen molar-refractivity contribution in [1.82, 2.24) is 10.2 Å². The molecule has 7 heteroatoms. The maximum absolute atomic E-state index is 12.9. The van der Waals surface area contributed by atoms with Gasteiger partial charge in [-0.15, -0.1) is 0 Å². The lowest BCUT2D eigenvalue weighted by atomic mass is 9.98. The number of carboxylic acid groups (broad SMARTS) is 1. The third-order valence-electron chi connectivity index (χ3n) is 7.40. The summed E-state index contributed by atoms with van der Waals surface area (Å²) < 4.78 is 5.52. The van der Waals surface area contributed by atoms with Gasteiger partial charge in [-0.25, -0.2) is 4.79 Å². The number of carboxylic acids is 1. The summed E-state index contributed by atoms with van der Waals surface area (Å²) in [7, 11) is 1.68. The Morgan fingerprint density at radius 2 is 1.68 bits per heavy atom. The van der Waals surface area contributed by atoms with Gasteiger partial charge in [0.1, 0.15) is 12.6 Å². The number of carbonyl (C=O) groups is 3. The van der Waals surface area contributed by atoms with Crippen LogP contribution in [-0.4, -0.2) is 54.2 Å². The van der Waals surface area contributed by atoms with Crippen molar-refractivity contribution in [2.24, 2.45) is 17.8 Å². The Kier molecular flexibility index (Phi) is 6.02. The quantitative estimate of drug-likeness (QED) is 0.590. The van der Waals surface area contributed by atoms with Gasteiger partial charge in [0.15, 0.2) is 0 Å². The first-order chi connectivity index (χ1) is 16.4. The fourth-order valence-electron chi connectivity index (χ4n) is 5.45. The zero-order chi connectivity index (χ0) is 23.8. The van der Waals surface area contributed by atoms with E-state index >= 15 is 0 Å². The van der Waals surface area contributed by atoms with E-state index in [2.05, 4.69) is 17.4 Å². The number of hydrogen-bond acceptors (Lipinski definition) is 4. The van der Waals surface area contributed by atoms with Gasteiger partial charge in [-0.1, -0.05) is 48.5 Å². The van der Waals surface area contributed by atoms with E-state index in [4.69, 9.17) is 4.74 Å². The summed E-state index contributed by atoms with van der Waals surface area (Å²) >= 11 is 0. The lowest BCUT2D eigenvalue weighted by Gasteiger charge is -2.24. The first-order valence-electron chi connectivity index (χ1n) is 12.0. The highest BCUT2D eigenvalue weighted by Crippen LogP contribution is 2.54. The highest BCUT2D eigenvalue weighted by Gasteiger charge is 2.48. The van der Waals surface area contributed by atoms with Crippen LogP contribution in [0.15, 0.2) is 48.5 Å². The van der Waals surface area contributed by atoms with Crippen LogP contribution in [0.1, 0.15) is 42.7 Å². The van der Waals surface area contributed by atoms with E-state index in [1.54, 1.807) is 11.9 Å². The molecule has 0 heterocycles. The molecule has 3 aliphatic rings. The number of hydrogen-bond donors (Lipinski definition) is 2. The third kappa shape index (κ3) is 4.65. The molecule has 3 atom stereocenters. The van der Waals surface area contributed by atoms with Gasteiger partial charge in [0, 0.05) is 19.5 Å². The Hall–Kier alpha value is -3.35. The monoisotopic (exact) mass is 462 g/mol. The normalized spacial score (nSPS) is 21.2. The minimum Gasteiger partial charge on any atom is -0.481 e. The van der Waals surface area contributed by atoms with Crippen molar-refractivity contribution in [3.05, 3.63) is 59.7 Å². The molecule has 0 bridgehead atoms. The number of benzene rings is 2. The van der Waals surface area contributed by atoms with E-state index in [-0.39, 0.29) is 12.5 Å². The number of carbonyl (C=O) groups excluding carboxylic acids is 2. The Bertz CT molecular complexity index is 1070. The van der Waals surface area contributed by atoms with E-state index in [0.29, 0.717) is 18.4 Å². The number of likely N-dealkylation sites (N-methyl/N-ethyl adjacent to an activating group) is 1. The maximum atomic E-state index is 12.9. The van der Waals surface area contributed by atoms with Crippen molar-refractivity contribution in [3.63, 3.8) is 0 Å². The molecule has 178 valence electrons. The van der Waals surface area contributed by atoms with Crippen molar-refractivity contribution >= 4 is 18.0 Å². The van der Waals surface area contributed by atoms with Crippen LogP contribution in [0.5, 0.6) is 0 Å². The SMILES string of the molecule is CN(CC1CC1C1CC1)C(=O)C(CC(=O)O)NC(=O)OCC1c2ccccc2-c2ccccc21. The molecule has 0 radical (unpaired) electrons. The first-order valence-corrected chi connectivity index (χ1v) is 12.0. The Labute approximate surface area is 199 Å². The van der Waals surface area contributed by atoms with Crippen molar-refractivity contribution < 1.29 is 24.2 Å². The smallest absolute Gasteiger partial charge is 0.407 e. The standard InChI is InChI=1S/C27H30N2O5/c1-29(14-17-12-22(17)16-10-11-16)26(32)24(13-25(30)31)28-27(33)34-15-23-20-8-4-2-6-18(20)19-7-3-5-9-21(19)23/h2-9,16-17,22-24H,10-15H2,1H3,(H,28,33)(H,30,31). The van der Waals surface area contributed by atoms with Crippen molar-refractivity contribution in [1.29, 1.82) is 0 Å². The summed E-state index contributed by atoms with van der Waals surface area (Å²) in [5.41, 5.74) is 4.42. The number of aliphatic carboxylic acids is 1. The van der Waals surface area contributed by atoms with Gasteiger partial charge in [0.2, 0.25) is 5.91 Å². The molecule has 0 aromatic heterocycles. The average Bonchev–Trinajstić information content (AvgIpc) is 3.74. The van der Waals surface area contributed by atoms with Crippen LogP contribution in [0.3, 0.4) is 0 Å². The second-order valence-corrected chi connectivity index (χ2v) is 9.84. The topological polar surface area (TPSA) is 95.9 Å². The third-order valence-corrected chi connectivity index (χ3v) is 7.40. The van der Waals surface area contributed by atoms with Gasteiger partial charge in [-0.2, -0.15) is 0 Å². The molecule has 0 aliphatic heterocycles. The van der Waals surface area contributed by atoms with E-state index in [9.17, 15) is 19.5 Å². The number of ether oxygens (including phenoxy) is 1. The molecular weight excluding hydrogens is 432 g/mol. The van der Waals surface area contributed by atoms with Crippen LogP contribution >= 0.6 is 0 Å². The summed E-state index contributed by atoms with van der Waals surface area (Å²) in [6.45, 7) is 0.706. The Morgan fingerprint density at radius 3 is 2.26 bits per heavy atom. The van der Waals surface area contributed by atoms with Crippen LogP contribution in [0.4, 0.5) is 4.79 Å². The van der Waals surface area contributed by atoms with Crippen LogP contribution < -0.4 is 5.32 Å². The molecule has 5 rings (SSSR count). The van der Waals surface area contributed by atoms with E-state index < -0.39 is 30.4 Å². The molecule has 0 saturated heterocycles. The second-order valence-electron chi connectivity index (χ2n) is 9.84. The van der Waals surface area contributed by atoms with E-state index in [1.807, 2.05) is 36.4 Å². The molecule has 0 spiro atoms. The number of alkyl carbamates (subject to hydrolysis) is 1. The minimum atomic E-state index is -1.16. The van der Waals surface area contributed by atoms with Gasteiger partial charge in [-0.3, -0.25) is 9.59 Å². The zero-order valence-electron chi connectivity index (χ0n) is 19.3. The van der Waals surface area contributed by atoms with E-state index in [1.165, 1.54) is 12.8 Å². The molecule has 2 fully saturated rings. The zero-order valence-corrected chi connectivity index (χ0v) is 19.3. The highest BCUT2D eigenvalue weighted by atomic mass is 16.5. The summed E-state index contributed by atoms with van der Waals surface area (Å²) in [5, 5.41) is 11.8. The Morgan fingerprint density at radius 1 is 1.06 bits per heavy atom. The molecule has 2 amide bonds. The number of amides is 2. The Balaban J connectivity index is 1.20. The largest absolute Gasteiger partial charge is 0.481 e. The van der Waals surface area contributed by atoms with Crippen LogP contribution in [-0.2, 0) is 14.3 Å². The first kappa shape index (κ1) is 22.4. The summed E-state index contributed by atoms with van der Waals surface area (Å²) in [6.07, 6.45) is 2.43. The predicted molar refractivity (Wildman–Crippen MR) is 126 cm³/mol. The van der Waals surface area contributed by atoms with Crippen molar-refractivity contribution in [3.8, 4) is 11.1 Å². The fourth-order valence-corrected chi connectivity index (χ4v) is 5.45. The number of nitrogens with zero attached hydrogens (tertiary/aromatic N) is 1. The van der Waals surface area contributed by atoms with Gasteiger partial charge < -0.3 is 20.1 Å². The van der Waals surface area contributed by atoms with Gasteiger partial charge in [-0.05, 0) is 59.3 Å². The van der Waals surface area contributed by atoms with Gasteiger partial charge in [0.25, 0.3) is 0 Å². The molecular formula is C27H30N2O5. The second kappa shape index (κ2) is 9.12. The molecule has 7 nitrogen and oxygen atoms in total. The van der Waals surface area contributed by atoms with Crippen molar-refractivity contribution in [2.75, 3.05) is 20.2 Å². The minimum absolute atomic E-state index is 0.106. The summed E-state index contributed by atoms with van der Waals surface area (Å²) in [5.74, 6) is 0.348. The fraction of sp³-hybridized carbons (Fsp3) is 0.444. The molecule has 2 aromatic rings. The van der Waals surface area contributed by atoms with E-state index in [0.717, 1.165) is 34.6 Å². The number of nitrogens with one attached hydrogen (secondary N) is 1. The van der Waals surface area contributed by atoms with Gasteiger partial charge in [0.05, 0.1) is 6.42 Å². The molecule has 3 aliphatic carbocycles. The highest BCUT2D eigenvalue weighted by molar-refractivity contribution is 5.89. The van der Waals surface area contributed by atoms with Crippen LogP contribution in [0.2, 0.25) is 0 Å². The predicted octanol–water partition coefficient (Wildman–Crippen LogP) is 3.87. The lowest BCUT2D eigenvalue weighted by Crippen LogP contribution is -2.49.